The van der Waals surface area contributed by atoms with Crippen LogP contribution in [0.4, 0.5) is 0 Å². The maximum atomic E-state index is 12.7. The number of carbonyl (C=O) groups is 1. The number of sulfonamides is 1. The highest BCUT2D eigenvalue weighted by molar-refractivity contribution is 7.89. The van der Waals surface area contributed by atoms with Gasteiger partial charge in [-0.25, -0.2) is 13.1 Å². The summed E-state index contributed by atoms with van der Waals surface area (Å²) in [4.78, 5) is 11.5. The molecule has 0 radical (unpaired) electrons. The molecule has 1 N–H and O–H groups in total. The fourth-order valence-electron chi connectivity index (χ4n) is 2.48. The fraction of sp³-hybridized carbons (Fsp3) is 0.316. The lowest BCUT2D eigenvalue weighted by Crippen LogP contribution is -2.36. The molecule has 0 saturated carbocycles. The van der Waals surface area contributed by atoms with E-state index in [1.807, 2.05) is 51.1 Å². The van der Waals surface area contributed by atoms with Gasteiger partial charge in [-0.2, -0.15) is 0 Å². The monoisotopic (exact) mass is 345 g/mol. The first-order valence-corrected chi connectivity index (χ1v) is 9.28. The van der Waals surface area contributed by atoms with Crippen molar-refractivity contribution < 1.29 is 13.2 Å². The van der Waals surface area contributed by atoms with Gasteiger partial charge in [-0.15, -0.1) is 0 Å². The maximum Gasteiger partial charge on any atom is 0.241 e. The van der Waals surface area contributed by atoms with Gasteiger partial charge in [0.2, 0.25) is 10.0 Å². The number of rotatable bonds is 5. The van der Waals surface area contributed by atoms with Crippen LogP contribution in [0.1, 0.15) is 49.7 Å². The number of carbonyl (C=O) groups excluding carboxylic acids is 1. The Balaban J connectivity index is 2.36. The van der Waals surface area contributed by atoms with E-state index < -0.39 is 10.0 Å². The van der Waals surface area contributed by atoms with E-state index in [0.29, 0.717) is 5.56 Å². The van der Waals surface area contributed by atoms with E-state index in [0.717, 1.165) is 5.56 Å². The Morgan fingerprint density at radius 2 is 1.50 bits per heavy atom. The first-order valence-electron chi connectivity index (χ1n) is 7.79. The average Bonchev–Trinajstić information content (AvgIpc) is 2.52. The van der Waals surface area contributed by atoms with Gasteiger partial charge in [0.25, 0.3) is 0 Å². The standard InChI is InChI=1S/C19H23NO3S/c1-14(21)15-10-12-17(13-11-15)24(22,23)20-18(19(2,3)4)16-8-6-5-7-9-16/h5-13,18,20H,1-4H3/t18-/m0/s1. The van der Waals surface area contributed by atoms with E-state index in [1.165, 1.54) is 31.2 Å². The summed E-state index contributed by atoms with van der Waals surface area (Å²) >= 11 is 0. The predicted molar refractivity (Wildman–Crippen MR) is 95.4 cm³/mol. The Bertz CT molecular complexity index is 804. The lowest BCUT2D eigenvalue weighted by Gasteiger charge is -2.31. The third kappa shape index (κ3) is 4.30. The first-order chi connectivity index (χ1) is 11.1. The summed E-state index contributed by atoms with van der Waals surface area (Å²) in [5.41, 5.74) is 1.10. The van der Waals surface area contributed by atoms with Crippen LogP contribution in [0.5, 0.6) is 0 Å². The SMILES string of the molecule is CC(=O)c1ccc(S(=O)(=O)N[C@@H](c2ccccc2)C(C)(C)C)cc1. The molecule has 2 aromatic rings. The van der Waals surface area contributed by atoms with E-state index in [1.54, 1.807) is 0 Å². The van der Waals surface area contributed by atoms with Crippen molar-refractivity contribution in [2.24, 2.45) is 5.41 Å². The number of benzene rings is 2. The number of nitrogens with one attached hydrogen (secondary N) is 1. The summed E-state index contributed by atoms with van der Waals surface area (Å²) in [7, 11) is -3.69. The van der Waals surface area contributed by atoms with Gasteiger partial charge in [0.1, 0.15) is 0 Å². The van der Waals surface area contributed by atoms with Crippen LogP contribution in [0, 0.1) is 5.41 Å². The Labute approximate surface area is 144 Å². The molecule has 0 aliphatic heterocycles. The highest BCUT2D eigenvalue weighted by Gasteiger charge is 2.30. The minimum absolute atomic E-state index is 0.0937. The van der Waals surface area contributed by atoms with Crippen molar-refractivity contribution in [2.45, 2.75) is 38.6 Å². The Morgan fingerprint density at radius 3 is 1.96 bits per heavy atom. The summed E-state index contributed by atoms with van der Waals surface area (Å²) in [6, 6.07) is 15.1. The smallest absolute Gasteiger partial charge is 0.241 e. The summed E-state index contributed by atoms with van der Waals surface area (Å²) in [6.07, 6.45) is 0. The van der Waals surface area contributed by atoms with E-state index in [9.17, 15) is 13.2 Å². The maximum absolute atomic E-state index is 12.7. The molecule has 0 spiro atoms. The number of hydrogen-bond donors (Lipinski definition) is 1. The third-order valence-corrected chi connectivity index (χ3v) is 5.28. The topological polar surface area (TPSA) is 63.2 Å². The summed E-state index contributed by atoms with van der Waals surface area (Å²) in [5.74, 6) is -0.0937. The Kier molecular flexibility index (Phi) is 5.26. The molecular weight excluding hydrogens is 322 g/mol. The molecule has 0 aromatic heterocycles. The van der Waals surface area contributed by atoms with Crippen molar-refractivity contribution in [3.63, 3.8) is 0 Å². The van der Waals surface area contributed by atoms with Gasteiger partial charge in [0.05, 0.1) is 10.9 Å². The second-order valence-electron chi connectivity index (χ2n) is 6.91. The molecule has 128 valence electrons. The Hall–Kier alpha value is -1.98. The van der Waals surface area contributed by atoms with Crippen molar-refractivity contribution in [3.05, 3.63) is 65.7 Å². The molecule has 24 heavy (non-hydrogen) atoms. The van der Waals surface area contributed by atoms with Gasteiger partial charge in [-0.3, -0.25) is 4.79 Å². The molecule has 0 bridgehead atoms. The molecule has 2 rings (SSSR count). The molecule has 0 unspecified atom stereocenters. The number of ketones is 1. The van der Waals surface area contributed by atoms with Crippen LogP contribution in [0.2, 0.25) is 0 Å². The highest BCUT2D eigenvalue weighted by Crippen LogP contribution is 2.34. The second-order valence-corrected chi connectivity index (χ2v) is 8.63. The Morgan fingerprint density at radius 1 is 0.958 bits per heavy atom. The number of Topliss-reactive ketones (excluding diaryl/α,β-unsaturated/α-hetero) is 1. The van der Waals surface area contributed by atoms with Crippen molar-refractivity contribution >= 4 is 15.8 Å². The molecular formula is C19H23NO3S. The molecule has 0 fully saturated rings. The van der Waals surface area contributed by atoms with Gasteiger partial charge in [-0.05, 0) is 30.0 Å². The van der Waals surface area contributed by atoms with Crippen LogP contribution in [0.3, 0.4) is 0 Å². The van der Waals surface area contributed by atoms with E-state index in [4.69, 9.17) is 0 Å². The normalized spacial score (nSPS) is 13.5. The molecule has 5 heteroatoms. The van der Waals surface area contributed by atoms with Gasteiger partial charge in [0, 0.05) is 5.56 Å². The third-order valence-electron chi connectivity index (χ3n) is 3.84. The molecule has 0 aliphatic carbocycles. The van der Waals surface area contributed by atoms with Crippen molar-refractivity contribution in [1.29, 1.82) is 0 Å². The molecule has 0 amide bonds. The molecule has 0 aliphatic rings. The average molecular weight is 345 g/mol. The summed E-state index contributed by atoms with van der Waals surface area (Å²) < 4.78 is 28.3. The molecule has 0 heterocycles. The van der Waals surface area contributed by atoms with E-state index >= 15 is 0 Å². The second kappa shape index (κ2) is 6.87. The summed E-state index contributed by atoms with van der Waals surface area (Å²) in [6.45, 7) is 7.43. The molecule has 4 nitrogen and oxygen atoms in total. The molecule has 0 saturated heterocycles. The van der Waals surface area contributed by atoms with Crippen LogP contribution < -0.4 is 4.72 Å². The lowest BCUT2D eigenvalue weighted by molar-refractivity contribution is 0.101. The zero-order valence-corrected chi connectivity index (χ0v) is 15.2. The van der Waals surface area contributed by atoms with E-state index in [2.05, 4.69) is 4.72 Å². The zero-order valence-electron chi connectivity index (χ0n) is 14.4. The van der Waals surface area contributed by atoms with Crippen LogP contribution >= 0.6 is 0 Å². The quantitative estimate of drug-likeness (QED) is 0.835. The van der Waals surface area contributed by atoms with E-state index in [-0.39, 0.29) is 22.1 Å². The van der Waals surface area contributed by atoms with Gasteiger partial charge in [0.15, 0.2) is 5.78 Å². The van der Waals surface area contributed by atoms with Crippen molar-refractivity contribution in [2.75, 3.05) is 0 Å². The number of hydrogen-bond acceptors (Lipinski definition) is 3. The van der Waals surface area contributed by atoms with Crippen LogP contribution in [0.15, 0.2) is 59.5 Å². The van der Waals surface area contributed by atoms with Gasteiger partial charge in [-0.1, -0.05) is 63.2 Å². The zero-order chi connectivity index (χ0) is 18.0. The van der Waals surface area contributed by atoms with Crippen molar-refractivity contribution in [3.8, 4) is 0 Å². The van der Waals surface area contributed by atoms with Crippen LogP contribution in [0.25, 0.3) is 0 Å². The summed E-state index contributed by atoms with van der Waals surface area (Å²) in [5, 5.41) is 0. The fourth-order valence-corrected chi connectivity index (χ4v) is 3.91. The lowest BCUT2D eigenvalue weighted by atomic mass is 9.83. The van der Waals surface area contributed by atoms with Crippen molar-refractivity contribution in [1.82, 2.24) is 4.72 Å². The molecule has 2 aromatic carbocycles. The van der Waals surface area contributed by atoms with Gasteiger partial charge >= 0.3 is 0 Å². The first kappa shape index (κ1) is 18.4. The van der Waals surface area contributed by atoms with Gasteiger partial charge < -0.3 is 0 Å². The van der Waals surface area contributed by atoms with Crippen LogP contribution in [-0.2, 0) is 10.0 Å². The largest absolute Gasteiger partial charge is 0.295 e. The van der Waals surface area contributed by atoms with Crippen LogP contribution in [-0.4, -0.2) is 14.2 Å². The highest BCUT2D eigenvalue weighted by atomic mass is 32.2. The minimum atomic E-state index is -3.69. The predicted octanol–water partition coefficient (Wildman–Crippen LogP) is 3.95. The minimum Gasteiger partial charge on any atom is -0.295 e. The molecule has 1 atom stereocenters.